The van der Waals surface area contributed by atoms with Gasteiger partial charge in [-0.1, -0.05) is 6.92 Å². The van der Waals surface area contributed by atoms with Gasteiger partial charge in [0.2, 0.25) is 5.96 Å². The van der Waals surface area contributed by atoms with Crippen molar-refractivity contribution in [3.63, 3.8) is 0 Å². The highest BCUT2D eigenvalue weighted by atomic mass is 32.2. The lowest BCUT2D eigenvalue weighted by Crippen LogP contribution is -2.42. The van der Waals surface area contributed by atoms with Gasteiger partial charge in [-0.15, -0.1) is 11.8 Å². The number of nitro benzene ring substituents is 1. The number of nitrogens with two attached hydrogens (primary N) is 1. The molecule has 148 valence electrons. The van der Waals surface area contributed by atoms with Crippen LogP contribution in [-0.4, -0.2) is 47.5 Å². The zero-order valence-electron chi connectivity index (χ0n) is 15.1. The number of benzene rings is 1. The number of hydrogen-bond donors (Lipinski definition) is 2. The van der Waals surface area contributed by atoms with Crippen LogP contribution in [0.25, 0.3) is 0 Å². The van der Waals surface area contributed by atoms with Gasteiger partial charge in [-0.2, -0.15) is 0 Å². The molecule has 0 aromatic heterocycles. The van der Waals surface area contributed by atoms with Crippen LogP contribution >= 0.6 is 11.8 Å². The number of aliphatic imine (C=N–C) groups is 1. The molecule has 11 heteroatoms. The van der Waals surface area contributed by atoms with E-state index in [9.17, 15) is 19.7 Å². The van der Waals surface area contributed by atoms with Crippen molar-refractivity contribution in [3.05, 3.63) is 28.3 Å². The van der Waals surface area contributed by atoms with Gasteiger partial charge in [0.05, 0.1) is 12.0 Å². The van der Waals surface area contributed by atoms with Gasteiger partial charge in [0.25, 0.3) is 5.69 Å². The Morgan fingerprint density at radius 2 is 2.15 bits per heavy atom. The van der Waals surface area contributed by atoms with Crippen LogP contribution in [0.1, 0.15) is 26.2 Å². The Bertz CT molecular complexity index is 725. The van der Waals surface area contributed by atoms with Gasteiger partial charge in [0, 0.05) is 23.9 Å². The van der Waals surface area contributed by atoms with Crippen LogP contribution in [0.5, 0.6) is 0 Å². The average Bonchev–Trinajstić information content (AvgIpc) is 2.63. The number of carboxylic acids is 1. The summed E-state index contributed by atoms with van der Waals surface area (Å²) in [6.45, 7) is 2.05. The van der Waals surface area contributed by atoms with Crippen LogP contribution in [0, 0.1) is 10.1 Å². The molecular formula is C16H22N4O6S. The number of ether oxygens (including phenoxy) is 1. The molecule has 0 spiro atoms. The number of nitrogens with zero attached hydrogens (tertiary/aromatic N) is 3. The van der Waals surface area contributed by atoms with E-state index in [0.717, 1.165) is 29.1 Å². The fourth-order valence-corrected chi connectivity index (χ4v) is 2.85. The Labute approximate surface area is 160 Å². The summed E-state index contributed by atoms with van der Waals surface area (Å²) in [6.07, 6.45) is 0.0677. The zero-order valence-corrected chi connectivity index (χ0v) is 15.9. The highest BCUT2D eigenvalue weighted by molar-refractivity contribution is 7.99. The summed E-state index contributed by atoms with van der Waals surface area (Å²) in [4.78, 5) is 39.0. The second-order valence-electron chi connectivity index (χ2n) is 5.30. The quantitative estimate of drug-likeness (QED) is 0.161. The van der Waals surface area contributed by atoms with Crippen LogP contribution in [0.15, 0.2) is 28.1 Å². The number of methoxy groups -OCH3 is 1. The lowest BCUT2D eigenvalue weighted by Gasteiger charge is -2.20. The maximum atomic E-state index is 12.2. The van der Waals surface area contributed by atoms with E-state index in [1.165, 1.54) is 23.9 Å². The molecule has 1 rings (SSSR count). The van der Waals surface area contributed by atoms with E-state index in [2.05, 4.69) is 4.99 Å². The van der Waals surface area contributed by atoms with E-state index in [1.54, 1.807) is 6.07 Å². The van der Waals surface area contributed by atoms with Gasteiger partial charge in [-0.25, -0.2) is 9.69 Å². The number of carbonyl (C=O) groups excluding carboxylic acids is 1. The number of anilines is 1. The van der Waals surface area contributed by atoms with Crippen molar-refractivity contribution in [2.75, 3.05) is 24.3 Å². The zero-order chi connectivity index (χ0) is 20.4. The van der Waals surface area contributed by atoms with Crippen molar-refractivity contribution in [2.45, 2.75) is 31.1 Å². The summed E-state index contributed by atoms with van der Waals surface area (Å²) in [5.74, 6) is -0.494. The van der Waals surface area contributed by atoms with Gasteiger partial charge in [-0.3, -0.25) is 19.9 Å². The van der Waals surface area contributed by atoms with E-state index in [0.29, 0.717) is 0 Å². The minimum Gasteiger partial charge on any atom is -0.481 e. The SMILES string of the molecule is CCCSc1ccc([N+](=O)[O-])c(N(C(=O)OC)C(N)=NCCCC(=O)O)c1. The maximum Gasteiger partial charge on any atom is 0.421 e. The van der Waals surface area contributed by atoms with Crippen LogP contribution in [0.2, 0.25) is 0 Å². The highest BCUT2D eigenvalue weighted by Gasteiger charge is 2.28. The largest absolute Gasteiger partial charge is 0.481 e. The summed E-state index contributed by atoms with van der Waals surface area (Å²) in [6, 6.07) is 4.37. The first-order valence-electron chi connectivity index (χ1n) is 8.12. The van der Waals surface area contributed by atoms with Gasteiger partial charge in [0.15, 0.2) is 0 Å². The molecule has 10 nitrogen and oxygen atoms in total. The van der Waals surface area contributed by atoms with Crippen LogP contribution in [0.4, 0.5) is 16.2 Å². The normalized spacial score (nSPS) is 11.1. The summed E-state index contributed by atoms with van der Waals surface area (Å²) in [5.41, 5.74) is 5.47. The van der Waals surface area contributed by atoms with Gasteiger partial charge in [-0.05, 0) is 30.7 Å². The molecule has 0 bridgehead atoms. The van der Waals surface area contributed by atoms with Crippen LogP contribution < -0.4 is 10.6 Å². The van der Waals surface area contributed by atoms with E-state index in [-0.39, 0.29) is 36.7 Å². The first-order chi connectivity index (χ1) is 12.8. The first-order valence-corrected chi connectivity index (χ1v) is 9.11. The minimum atomic E-state index is -0.982. The van der Waals surface area contributed by atoms with Crippen molar-refractivity contribution >= 4 is 41.2 Å². The van der Waals surface area contributed by atoms with Crippen molar-refractivity contribution < 1.29 is 24.4 Å². The van der Waals surface area contributed by atoms with Crippen molar-refractivity contribution in [2.24, 2.45) is 10.7 Å². The monoisotopic (exact) mass is 398 g/mol. The minimum absolute atomic E-state index is 0.0453. The third-order valence-electron chi connectivity index (χ3n) is 3.27. The smallest absolute Gasteiger partial charge is 0.421 e. The Kier molecular flexibility index (Phi) is 9.06. The Morgan fingerprint density at radius 3 is 2.70 bits per heavy atom. The molecular weight excluding hydrogens is 376 g/mol. The van der Waals surface area contributed by atoms with Gasteiger partial charge in [0.1, 0.15) is 5.69 Å². The molecule has 0 heterocycles. The number of guanidine groups is 1. The van der Waals surface area contributed by atoms with E-state index in [4.69, 9.17) is 15.6 Å². The molecule has 0 saturated heterocycles. The molecule has 1 aromatic carbocycles. The molecule has 3 N–H and O–H groups in total. The molecule has 0 saturated carbocycles. The molecule has 27 heavy (non-hydrogen) atoms. The van der Waals surface area contributed by atoms with Gasteiger partial charge < -0.3 is 15.6 Å². The number of hydrogen-bond acceptors (Lipinski definition) is 7. The number of aliphatic carboxylic acids is 1. The number of carbonyl (C=O) groups is 2. The fourth-order valence-electron chi connectivity index (χ4n) is 2.05. The second kappa shape index (κ2) is 11.0. The van der Waals surface area contributed by atoms with Crippen molar-refractivity contribution in [3.8, 4) is 0 Å². The third kappa shape index (κ3) is 6.77. The Morgan fingerprint density at radius 1 is 1.44 bits per heavy atom. The third-order valence-corrected chi connectivity index (χ3v) is 4.47. The van der Waals surface area contributed by atoms with Crippen LogP contribution in [-0.2, 0) is 9.53 Å². The molecule has 0 unspecified atom stereocenters. The number of amides is 1. The lowest BCUT2D eigenvalue weighted by molar-refractivity contribution is -0.384. The Hall–Kier alpha value is -2.82. The first kappa shape index (κ1) is 22.2. The molecule has 0 aliphatic rings. The average molecular weight is 398 g/mol. The topological polar surface area (TPSA) is 148 Å². The number of rotatable bonds is 9. The molecule has 0 aliphatic heterocycles. The fraction of sp³-hybridized carbons (Fsp3) is 0.438. The molecule has 1 aromatic rings. The number of thioether (sulfide) groups is 1. The van der Waals surface area contributed by atoms with Crippen LogP contribution in [0.3, 0.4) is 0 Å². The molecule has 0 radical (unpaired) electrons. The van der Waals surface area contributed by atoms with Crippen molar-refractivity contribution in [1.82, 2.24) is 0 Å². The second-order valence-corrected chi connectivity index (χ2v) is 6.47. The number of nitro groups is 1. The predicted octanol–water partition coefficient (Wildman–Crippen LogP) is 2.85. The summed E-state index contributed by atoms with van der Waals surface area (Å²) >= 11 is 1.48. The van der Waals surface area contributed by atoms with E-state index in [1.807, 2.05) is 6.92 Å². The number of carboxylic acid groups (broad SMARTS) is 1. The van der Waals surface area contributed by atoms with E-state index < -0.39 is 17.0 Å². The van der Waals surface area contributed by atoms with Crippen molar-refractivity contribution in [1.29, 1.82) is 0 Å². The molecule has 1 amide bonds. The predicted molar refractivity (Wildman–Crippen MR) is 102 cm³/mol. The van der Waals surface area contributed by atoms with Gasteiger partial charge >= 0.3 is 12.1 Å². The highest BCUT2D eigenvalue weighted by Crippen LogP contribution is 2.33. The maximum absolute atomic E-state index is 12.2. The molecule has 0 atom stereocenters. The Balaban J connectivity index is 3.27. The summed E-state index contributed by atoms with van der Waals surface area (Å²) in [5, 5.41) is 20.0. The summed E-state index contributed by atoms with van der Waals surface area (Å²) < 4.78 is 4.69. The summed E-state index contributed by atoms with van der Waals surface area (Å²) in [7, 11) is 1.12. The molecule has 0 fully saturated rings. The molecule has 0 aliphatic carbocycles. The van der Waals surface area contributed by atoms with E-state index >= 15 is 0 Å². The standard InChI is InChI=1S/C16H22N4O6S/c1-3-9-27-11-6-7-12(20(24)25)13(10-11)19(16(23)26-2)15(17)18-8-4-5-14(21)22/h6-7,10H,3-5,8-9H2,1-2H3,(H2,17,18)(H,21,22). The lowest BCUT2D eigenvalue weighted by atomic mass is 10.2.